The molecule has 1 N–H and O–H groups in total. The Kier molecular flexibility index (Phi) is 12.6. The Bertz CT molecular complexity index is 1410. The van der Waals surface area contributed by atoms with Crippen LogP contribution in [-0.2, 0) is 13.0 Å². The molecule has 3 aromatic rings. The van der Waals surface area contributed by atoms with Gasteiger partial charge in [0.1, 0.15) is 5.82 Å². The summed E-state index contributed by atoms with van der Waals surface area (Å²) in [6, 6.07) is 11.3. The summed E-state index contributed by atoms with van der Waals surface area (Å²) in [5.41, 5.74) is 2.97. The van der Waals surface area contributed by atoms with E-state index < -0.39 is 5.82 Å². The highest BCUT2D eigenvalue weighted by Gasteiger charge is 2.22. The lowest BCUT2D eigenvalue weighted by molar-refractivity contribution is 0.348. The molecular formula is C32H38F3N3O2. The number of hydrogen-bond acceptors (Lipinski definition) is 4. The molecule has 3 rings (SSSR count). The highest BCUT2D eigenvalue weighted by Crippen LogP contribution is 2.31. The van der Waals surface area contributed by atoms with Crippen molar-refractivity contribution in [2.24, 2.45) is 0 Å². The van der Waals surface area contributed by atoms with Gasteiger partial charge in [-0.1, -0.05) is 49.1 Å². The maximum absolute atomic E-state index is 15.4. The van der Waals surface area contributed by atoms with Crippen molar-refractivity contribution in [2.45, 2.75) is 33.2 Å². The first-order chi connectivity index (χ1) is 19.2. The zero-order chi connectivity index (χ0) is 29.8. The number of allylic oxidation sites excluding steroid dienone is 3. The van der Waals surface area contributed by atoms with Crippen molar-refractivity contribution >= 4 is 5.71 Å². The second kappa shape index (κ2) is 15.6. The summed E-state index contributed by atoms with van der Waals surface area (Å²) < 4.78 is 46.5. The number of nitrogens with one attached hydrogen (secondary N) is 1. The maximum Gasteiger partial charge on any atom is 0.193 e. The molecule has 40 heavy (non-hydrogen) atoms. The fourth-order valence-electron chi connectivity index (χ4n) is 4.53. The van der Waals surface area contributed by atoms with Gasteiger partial charge in [0.25, 0.3) is 0 Å². The van der Waals surface area contributed by atoms with E-state index in [-0.39, 0.29) is 34.7 Å². The Morgan fingerprint density at radius 2 is 1.77 bits per heavy atom. The zero-order valence-electron chi connectivity index (χ0n) is 23.9. The number of alkyl halides is 1. The third kappa shape index (κ3) is 7.82. The second-order valence-electron chi connectivity index (χ2n) is 9.28. The van der Waals surface area contributed by atoms with Crippen molar-refractivity contribution in [3.8, 4) is 16.9 Å². The molecule has 8 heteroatoms. The van der Waals surface area contributed by atoms with Crippen LogP contribution in [0.5, 0.6) is 5.75 Å². The van der Waals surface area contributed by atoms with Crippen LogP contribution in [-0.4, -0.2) is 49.6 Å². The standard InChI is InChI=1S/C31H35F2N3O2.CH3F/c1-6-7-12-24(34)16-18-35(4)19-17-25-21(2)36(20-23-11-8-9-14-27(23)32)22(3)29(31(25)37)26-13-10-15-28(38-5)30(26)33;1-2/h6-15,34H,1,16-20H2,2-5H3;1H3/b12-7-,34-24?;. The minimum Gasteiger partial charge on any atom is -0.494 e. The molecule has 0 bridgehead atoms. The molecule has 1 heterocycles. The van der Waals surface area contributed by atoms with E-state index in [1.54, 1.807) is 55.5 Å². The number of methoxy groups -OCH3 is 1. The Balaban J connectivity index is 0.00000274. The van der Waals surface area contributed by atoms with Gasteiger partial charge in [0.15, 0.2) is 17.0 Å². The molecule has 0 spiro atoms. The van der Waals surface area contributed by atoms with Crippen LogP contribution in [0.1, 0.15) is 28.9 Å². The third-order valence-electron chi connectivity index (χ3n) is 6.79. The normalized spacial score (nSPS) is 10.9. The average Bonchev–Trinajstić information content (AvgIpc) is 2.95. The summed E-state index contributed by atoms with van der Waals surface area (Å²) in [5.74, 6) is -0.893. The lowest BCUT2D eigenvalue weighted by atomic mass is 9.96. The molecule has 0 aliphatic heterocycles. The van der Waals surface area contributed by atoms with E-state index in [1.807, 2.05) is 18.5 Å². The van der Waals surface area contributed by atoms with Gasteiger partial charge in [-0.2, -0.15) is 0 Å². The van der Waals surface area contributed by atoms with Crippen LogP contribution < -0.4 is 10.2 Å². The molecular weight excluding hydrogens is 515 g/mol. The number of rotatable bonds is 12. The molecule has 214 valence electrons. The van der Waals surface area contributed by atoms with Crippen LogP contribution in [0, 0.1) is 30.9 Å². The van der Waals surface area contributed by atoms with Gasteiger partial charge in [-0.15, -0.1) is 0 Å². The summed E-state index contributed by atoms with van der Waals surface area (Å²) >= 11 is 0. The summed E-state index contributed by atoms with van der Waals surface area (Å²) in [6.45, 7) is 8.66. The first kappa shape index (κ1) is 32.3. The van der Waals surface area contributed by atoms with Crippen LogP contribution in [0.15, 0.2) is 72.1 Å². The smallest absolute Gasteiger partial charge is 0.193 e. The molecule has 0 saturated heterocycles. The van der Waals surface area contributed by atoms with E-state index in [2.05, 4.69) is 11.5 Å². The van der Waals surface area contributed by atoms with Crippen molar-refractivity contribution in [1.29, 1.82) is 5.41 Å². The summed E-state index contributed by atoms with van der Waals surface area (Å²) in [4.78, 5) is 15.9. The van der Waals surface area contributed by atoms with E-state index in [0.717, 1.165) is 5.69 Å². The maximum atomic E-state index is 15.4. The second-order valence-corrected chi connectivity index (χ2v) is 9.28. The molecule has 1 aromatic heterocycles. The minimum atomic E-state index is -0.606. The van der Waals surface area contributed by atoms with Crippen LogP contribution >= 0.6 is 0 Å². The van der Waals surface area contributed by atoms with E-state index >= 15 is 4.39 Å². The first-order valence-corrected chi connectivity index (χ1v) is 12.9. The number of pyridine rings is 1. The molecule has 0 radical (unpaired) electrons. The van der Waals surface area contributed by atoms with Crippen molar-refractivity contribution in [2.75, 3.05) is 34.4 Å². The lowest BCUT2D eigenvalue weighted by Gasteiger charge is -2.23. The molecule has 2 aromatic carbocycles. The highest BCUT2D eigenvalue weighted by molar-refractivity contribution is 5.92. The van der Waals surface area contributed by atoms with E-state index in [4.69, 9.17) is 10.1 Å². The highest BCUT2D eigenvalue weighted by atomic mass is 19.1. The Morgan fingerprint density at radius 3 is 2.42 bits per heavy atom. The van der Waals surface area contributed by atoms with E-state index in [0.29, 0.717) is 55.6 Å². The van der Waals surface area contributed by atoms with Crippen LogP contribution in [0.4, 0.5) is 13.2 Å². The van der Waals surface area contributed by atoms with Gasteiger partial charge in [-0.05, 0) is 45.5 Å². The van der Waals surface area contributed by atoms with Gasteiger partial charge in [0.2, 0.25) is 0 Å². The quantitative estimate of drug-likeness (QED) is 0.201. The summed E-state index contributed by atoms with van der Waals surface area (Å²) in [6.07, 6.45) is 6.06. The molecule has 0 amide bonds. The number of hydrogen-bond donors (Lipinski definition) is 1. The van der Waals surface area contributed by atoms with Gasteiger partial charge < -0.3 is 19.6 Å². The lowest BCUT2D eigenvalue weighted by Crippen LogP contribution is -2.29. The molecule has 0 unspecified atom stereocenters. The monoisotopic (exact) mass is 553 g/mol. The molecule has 0 saturated carbocycles. The molecule has 0 aliphatic rings. The molecule has 0 atom stereocenters. The number of ether oxygens (including phenoxy) is 1. The molecule has 0 fully saturated rings. The Hall–Kier alpha value is -3.91. The van der Waals surface area contributed by atoms with Crippen molar-refractivity contribution < 1.29 is 17.9 Å². The van der Waals surface area contributed by atoms with Gasteiger partial charge in [-0.3, -0.25) is 9.18 Å². The summed E-state index contributed by atoms with van der Waals surface area (Å²) in [5, 5.41) is 8.01. The van der Waals surface area contributed by atoms with Gasteiger partial charge >= 0.3 is 0 Å². The number of nitrogens with zero attached hydrogens (tertiary/aromatic N) is 2. The fourth-order valence-corrected chi connectivity index (χ4v) is 4.53. The number of benzene rings is 2. The van der Waals surface area contributed by atoms with Crippen molar-refractivity contribution in [3.63, 3.8) is 0 Å². The topological polar surface area (TPSA) is 58.3 Å². The number of likely N-dealkylation sites (N-methyl/N-ethyl adjacent to an activating group) is 1. The van der Waals surface area contributed by atoms with Crippen molar-refractivity contribution in [1.82, 2.24) is 9.47 Å². The predicted molar refractivity (Wildman–Crippen MR) is 158 cm³/mol. The average molecular weight is 554 g/mol. The van der Waals surface area contributed by atoms with E-state index in [1.165, 1.54) is 19.2 Å². The molecule has 0 aliphatic carbocycles. The Labute approximate surface area is 234 Å². The zero-order valence-corrected chi connectivity index (χ0v) is 23.9. The van der Waals surface area contributed by atoms with E-state index in [9.17, 15) is 13.6 Å². The minimum absolute atomic E-state index is 0.0526. The van der Waals surface area contributed by atoms with Gasteiger partial charge in [0.05, 0.1) is 26.4 Å². The largest absolute Gasteiger partial charge is 0.494 e. The first-order valence-electron chi connectivity index (χ1n) is 12.9. The van der Waals surface area contributed by atoms with Crippen LogP contribution in [0.3, 0.4) is 0 Å². The predicted octanol–water partition coefficient (Wildman–Crippen LogP) is 6.68. The fraction of sp³-hybridized carbons (Fsp3) is 0.312. The van der Waals surface area contributed by atoms with Crippen LogP contribution in [0.25, 0.3) is 11.1 Å². The van der Waals surface area contributed by atoms with Gasteiger partial charge in [0, 0.05) is 53.3 Å². The molecule has 5 nitrogen and oxygen atoms in total. The number of aromatic nitrogens is 1. The third-order valence-corrected chi connectivity index (χ3v) is 6.79. The summed E-state index contributed by atoms with van der Waals surface area (Å²) in [7, 11) is 3.82. The Morgan fingerprint density at radius 1 is 1.07 bits per heavy atom. The SMILES string of the molecule is C=C/C=C\C(=N)CCN(C)CCc1c(C)n(Cc2ccccc2F)c(C)c(-c2cccc(OC)c2F)c1=O.CF. The van der Waals surface area contributed by atoms with Crippen molar-refractivity contribution in [3.05, 3.63) is 112 Å². The van der Waals surface area contributed by atoms with Crippen LogP contribution in [0.2, 0.25) is 0 Å². The van der Waals surface area contributed by atoms with Gasteiger partial charge in [-0.25, -0.2) is 8.78 Å². The number of halogens is 3.